The first kappa shape index (κ1) is 16.9. The zero-order chi connectivity index (χ0) is 16.4. The SMILES string of the molecule is CC(C)(C)C(C(=O)O)C(=O)Nc1ccc(Cl)c([N+](=O)[O-])c1. The number of nitro benzene ring substituents is 1. The molecule has 1 amide bonds. The van der Waals surface area contributed by atoms with Crippen LogP contribution in [0, 0.1) is 21.4 Å². The fourth-order valence-corrected chi connectivity index (χ4v) is 2.01. The molecule has 1 aromatic rings. The van der Waals surface area contributed by atoms with Gasteiger partial charge in [0.05, 0.1) is 4.92 Å². The minimum Gasteiger partial charge on any atom is -0.481 e. The van der Waals surface area contributed by atoms with E-state index in [-0.39, 0.29) is 16.4 Å². The number of carboxylic acids is 1. The van der Waals surface area contributed by atoms with E-state index in [0.29, 0.717) is 0 Å². The van der Waals surface area contributed by atoms with E-state index in [1.807, 2.05) is 0 Å². The largest absolute Gasteiger partial charge is 0.481 e. The smallest absolute Gasteiger partial charge is 0.316 e. The van der Waals surface area contributed by atoms with E-state index in [2.05, 4.69) is 5.32 Å². The van der Waals surface area contributed by atoms with Crippen LogP contribution in [-0.2, 0) is 9.59 Å². The van der Waals surface area contributed by atoms with Gasteiger partial charge in [-0.3, -0.25) is 19.7 Å². The van der Waals surface area contributed by atoms with E-state index in [1.54, 1.807) is 20.8 Å². The molecule has 0 aliphatic rings. The number of nitrogens with one attached hydrogen (secondary N) is 1. The van der Waals surface area contributed by atoms with E-state index in [4.69, 9.17) is 16.7 Å². The molecule has 114 valence electrons. The van der Waals surface area contributed by atoms with Crippen molar-refractivity contribution in [1.29, 1.82) is 0 Å². The van der Waals surface area contributed by atoms with E-state index >= 15 is 0 Å². The summed E-state index contributed by atoms with van der Waals surface area (Å²) in [4.78, 5) is 33.4. The average Bonchev–Trinajstić information content (AvgIpc) is 2.28. The van der Waals surface area contributed by atoms with Gasteiger partial charge < -0.3 is 10.4 Å². The van der Waals surface area contributed by atoms with Crippen LogP contribution >= 0.6 is 11.6 Å². The zero-order valence-corrected chi connectivity index (χ0v) is 12.5. The summed E-state index contributed by atoms with van der Waals surface area (Å²) in [7, 11) is 0. The van der Waals surface area contributed by atoms with Crippen molar-refractivity contribution in [2.75, 3.05) is 5.32 Å². The van der Waals surface area contributed by atoms with E-state index in [1.165, 1.54) is 12.1 Å². The Morgan fingerprint density at radius 3 is 2.38 bits per heavy atom. The molecule has 0 fully saturated rings. The number of carbonyl (C=O) groups is 2. The first-order valence-electron chi connectivity index (χ1n) is 6.01. The summed E-state index contributed by atoms with van der Waals surface area (Å²) in [5.41, 5.74) is -1.04. The van der Waals surface area contributed by atoms with Gasteiger partial charge in [-0.15, -0.1) is 0 Å². The third-order valence-electron chi connectivity index (χ3n) is 2.79. The molecular formula is C13H15ClN2O5. The highest BCUT2D eigenvalue weighted by Crippen LogP contribution is 2.30. The molecule has 0 aliphatic heterocycles. The Balaban J connectivity index is 3.05. The van der Waals surface area contributed by atoms with Gasteiger partial charge in [-0.1, -0.05) is 32.4 Å². The Bertz CT molecular complexity index is 595. The standard InChI is InChI=1S/C13H15ClN2O5/c1-13(2,3)10(12(18)19)11(17)15-7-4-5-8(14)9(6-7)16(20)21/h4-6,10H,1-3H3,(H,15,17)(H,18,19). The normalized spacial score (nSPS) is 12.6. The molecule has 1 unspecified atom stereocenters. The molecule has 0 spiro atoms. The molecule has 0 aromatic heterocycles. The maximum atomic E-state index is 12.1. The summed E-state index contributed by atoms with van der Waals surface area (Å²) >= 11 is 5.66. The van der Waals surface area contributed by atoms with Crippen LogP contribution in [0.2, 0.25) is 5.02 Å². The molecule has 8 heteroatoms. The molecule has 0 aliphatic carbocycles. The van der Waals surface area contributed by atoms with E-state index in [0.717, 1.165) is 6.07 Å². The van der Waals surface area contributed by atoms with Gasteiger partial charge in [0.1, 0.15) is 10.9 Å². The third-order valence-corrected chi connectivity index (χ3v) is 3.11. The van der Waals surface area contributed by atoms with Crippen molar-refractivity contribution in [2.24, 2.45) is 11.3 Å². The fraction of sp³-hybridized carbons (Fsp3) is 0.385. The number of anilines is 1. The predicted octanol–water partition coefficient (Wildman–Crippen LogP) is 2.93. The number of nitrogens with zero attached hydrogens (tertiary/aromatic N) is 1. The molecule has 0 heterocycles. The van der Waals surface area contributed by atoms with Crippen LogP contribution in [0.25, 0.3) is 0 Å². The zero-order valence-electron chi connectivity index (χ0n) is 11.7. The minimum atomic E-state index is -1.28. The maximum absolute atomic E-state index is 12.1. The minimum absolute atomic E-state index is 0.0661. The molecule has 0 saturated carbocycles. The van der Waals surface area contributed by atoms with Crippen LogP contribution in [0.3, 0.4) is 0 Å². The number of hydrogen-bond acceptors (Lipinski definition) is 4. The fourth-order valence-electron chi connectivity index (χ4n) is 1.82. The molecule has 1 rings (SSSR count). The summed E-state index contributed by atoms with van der Waals surface area (Å²) in [6, 6.07) is 3.72. The summed E-state index contributed by atoms with van der Waals surface area (Å²) in [5, 5.41) is 22.2. The number of nitro groups is 1. The maximum Gasteiger partial charge on any atom is 0.316 e. The Morgan fingerprint density at radius 1 is 1.38 bits per heavy atom. The Hall–Kier alpha value is -2.15. The lowest BCUT2D eigenvalue weighted by Crippen LogP contribution is -2.39. The van der Waals surface area contributed by atoms with Crippen molar-refractivity contribution >= 4 is 34.9 Å². The molecule has 1 atom stereocenters. The van der Waals surface area contributed by atoms with Crippen molar-refractivity contribution in [1.82, 2.24) is 0 Å². The number of aliphatic carboxylic acids is 1. The lowest BCUT2D eigenvalue weighted by atomic mass is 9.80. The Morgan fingerprint density at radius 2 is 1.95 bits per heavy atom. The van der Waals surface area contributed by atoms with Gasteiger partial charge in [0.25, 0.3) is 5.69 Å². The molecule has 1 aromatic carbocycles. The number of halogens is 1. The molecule has 0 radical (unpaired) electrons. The predicted molar refractivity (Wildman–Crippen MR) is 77.3 cm³/mol. The number of carbonyl (C=O) groups excluding carboxylic acids is 1. The third kappa shape index (κ3) is 4.16. The number of carboxylic acid groups (broad SMARTS) is 1. The topological polar surface area (TPSA) is 110 Å². The first-order chi connectivity index (χ1) is 9.54. The molecule has 0 saturated heterocycles. The van der Waals surface area contributed by atoms with Crippen molar-refractivity contribution in [3.8, 4) is 0 Å². The van der Waals surface area contributed by atoms with Gasteiger partial charge in [-0.05, 0) is 17.5 Å². The molecular weight excluding hydrogens is 300 g/mol. The van der Waals surface area contributed by atoms with Crippen LogP contribution in [0.4, 0.5) is 11.4 Å². The van der Waals surface area contributed by atoms with Crippen molar-refractivity contribution in [3.05, 3.63) is 33.3 Å². The Labute approximate surface area is 126 Å². The summed E-state index contributed by atoms with van der Waals surface area (Å²) in [6.07, 6.45) is 0. The quantitative estimate of drug-likeness (QED) is 0.504. The number of hydrogen-bond donors (Lipinski definition) is 2. The average molecular weight is 315 g/mol. The highest BCUT2D eigenvalue weighted by atomic mass is 35.5. The van der Waals surface area contributed by atoms with Crippen LogP contribution in [-0.4, -0.2) is 21.9 Å². The number of benzene rings is 1. The van der Waals surface area contributed by atoms with Gasteiger partial charge in [-0.25, -0.2) is 0 Å². The highest BCUT2D eigenvalue weighted by Gasteiger charge is 2.37. The second kappa shape index (κ2) is 6.09. The second-order valence-corrected chi connectivity index (χ2v) is 5.96. The van der Waals surface area contributed by atoms with Gasteiger partial charge >= 0.3 is 5.97 Å². The molecule has 0 bridgehead atoms. The van der Waals surface area contributed by atoms with Crippen molar-refractivity contribution in [3.63, 3.8) is 0 Å². The second-order valence-electron chi connectivity index (χ2n) is 5.55. The monoisotopic (exact) mass is 314 g/mol. The van der Waals surface area contributed by atoms with Crippen molar-refractivity contribution < 1.29 is 19.6 Å². The van der Waals surface area contributed by atoms with E-state index < -0.39 is 28.1 Å². The van der Waals surface area contributed by atoms with Gasteiger partial charge in [0.15, 0.2) is 0 Å². The van der Waals surface area contributed by atoms with E-state index in [9.17, 15) is 19.7 Å². The lowest BCUT2D eigenvalue weighted by Gasteiger charge is -2.25. The van der Waals surface area contributed by atoms with Crippen molar-refractivity contribution in [2.45, 2.75) is 20.8 Å². The number of amides is 1. The first-order valence-corrected chi connectivity index (χ1v) is 6.39. The van der Waals surface area contributed by atoms with Crippen LogP contribution < -0.4 is 5.32 Å². The van der Waals surface area contributed by atoms with Crippen LogP contribution in [0.15, 0.2) is 18.2 Å². The Kier molecular flexibility index (Phi) is 4.90. The van der Waals surface area contributed by atoms with Gasteiger partial charge in [-0.2, -0.15) is 0 Å². The summed E-state index contributed by atoms with van der Waals surface area (Å²) in [6.45, 7) is 4.86. The lowest BCUT2D eigenvalue weighted by molar-refractivity contribution is -0.384. The summed E-state index contributed by atoms with van der Waals surface area (Å²) < 4.78 is 0. The summed E-state index contributed by atoms with van der Waals surface area (Å²) in [5.74, 6) is -3.29. The molecule has 7 nitrogen and oxygen atoms in total. The van der Waals surface area contributed by atoms with Gasteiger partial charge in [0.2, 0.25) is 5.91 Å². The van der Waals surface area contributed by atoms with Gasteiger partial charge in [0, 0.05) is 11.8 Å². The van der Waals surface area contributed by atoms with Crippen LogP contribution in [0.5, 0.6) is 0 Å². The number of rotatable bonds is 4. The molecule has 2 N–H and O–H groups in total. The van der Waals surface area contributed by atoms with Crippen LogP contribution in [0.1, 0.15) is 20.8 Å². The highest BCUT2D eigenvalue weighted by molar-refractivity contribution is 6.32. The molecule has 21 heavy (non-hydrogen) atoms.